The summed E-state index contributed by atoms with van der Waals surface area (Å²) in [6.45, 7) is 1.04. The summed E-state index contributed by atoms with van der Waals surface area (Å²) in [5.41, 5.74) is 0. The second kappa shape index (κ2) is 3.56. The molecule has 1 rings (SSSR count). The van der Waals surface area contributed by atoms with E-state index in [1.807, 2.05) is 0 Å². The van der Waals surface area contributed by atoms with Gasteiger partial charge in [0.25, 0.3) is 0 Å². The molecule has 0 aromatic heterocycles. The van der Waals surface area contributed by atoms with E-state index in [0.717, 1.165) is 13.0 Å². The number of hydrogen-bond acceptors (Lipinski definition) is 3. The van der Waals surface area contributed by atoms with Gasteiger partial charge in [0.05, 0.1) is 13.5 Å². The van der Waals surface area contributed by atoms with Gasteiger partial charge in [-0.2, -0.15) is 0 Å². The molecule has 0 saturated carbocycles. The number of carbonyl (C=O) groups is 1. The van der Waals surface area contributed by atoms with Crippen molar-refractivity contribution in [1.82, 2.24) is 5.32 Å². The summed E-state index contributed by atoms with van der Waals surface area (Å²) >= 11 is 0. The van der Waals surface area contributed by atoms with Crippen LogP contribution >= 0.6 is 0 Å². The number of methoxy groups -OCH3 is 1. The number of hydrogen-bond donors (Lipinski definition) is 1. The predicted molar refractivity (Wildman–Crippen MR) is 37.7 cm³/mol. The molecule has 0 spiro atoms. The predicted octanol–water partition coefficient (Wildman–Crippen LogP) is 0.301. The van der Waals surface area contributed by atoms with Crippen LogP contribution in [0.2, 0.25) is 0 Å². The first-order valence-electron chi connectivity index (χ1n) is 3.63. The van der Waals surface area contributed by atoms with Crippen molar-refractivity contribution in [3.8, 4) is 0 Å². The van der Waals surface area contributed by atoms with E-state index in [9.17, 15) is 4.79 Å². The Labute approximate surface area is 60.7 Å². The van der Waals surface area contributed by atoms with E-state index in [0.29, 0.717) is 12.5 Å². The molecule has 0 bridgehead atoms. The molecule has 0 amide bonds. The van der Waals surface area contributed by atoms with Crippen molar-refractivity contribution in [1.29, 1.82) is 0 Å². The number of nitrogens with one attached hydrogen (secondary N) is 1. The Hall–Kier alpha value is -0.570. The Morgan fingerprint density at radius 1 is 1.80 bits per heavy atom. The van der Waals surface area contributed by atoms with Crippen molar-refractivity contribution in [2.45, 2.75) is 25.3 Å². The smallest absolute Gasteiger partial charge is 0.307 e. The highest BCUT2D eigenvalue weighted by molar-refractivity contribution is 5.69. The summed E-state index contributed by atoms with van der Waals surface area (Å²) in [6.07, 6.45) is 2.81. The first kappa shape index (κ1) is 7.54. The standard InChI is InChI=1S/C7H13NO2/c1-10-7(9)5-6-3-2-4-8-6/h6,8H,2-5H2,1H3/t6-/m0/s1. The molecule has 0 unspecified atom stereocenters. The highest BCUT2D eigenvalue weighted by Crippen LogP contribution is 2.08. The van der Waals surface area contributed by atoms with Crippen LogP contribution in [-0.4, -0.2) is 25.7 Å². The van der Waals surface area contributed by atoms with Gasteiger partial charge >= 0.3 is 5.97 Å². The van der Waals surface area contributed by atoms with Gasteiger partial charge in [-0.25, -0.2) is 0 Å². The van der Waals surface area contributed by atoms with Crippen molar-refractivity contribution in [3.05, 3.63) is 0 Å². The van der Waals surface area contributed by atoms with Crippen molar-refractivity contribution in [3.63, 3.8) is 0 Å². The molecule has 1 aliphatic rings. The van der Waals surface area contributed by atoms with Gasteiger partial charge in [0, 0.05) is 6.04 Å². The summed E-state index contributed by atoms with van der Waals surface area (Å²) in [5, 5.41) is 3.22. The van der Waals surface area contributed by atoms with Crippen molar-refractivity contribution < 1.29 is 9.53 Å². The molecule has 1 saturated heterocycles. The number of carbonyl (C=O) groups excluding carboxylic acids is 1. The maximum Gasteiger partial charge on any atom is 0.307 e. The van der Waals surface area contributed by atoms with Gasteiger partial charge < -0.3 is 10.1 Å². The minimum Gasteiger partial charge on any atom is -0.469 e. The minimum absolute atomic E-state index is 0.112. The molecular formula is C7H13NO2. The van der Waals surface area contributed by atoms with Crippen LogP contribution in [0.3, 0.4) is 0 Å². The van der Waals surface area contributed by atoms with Crippen LogP contribution in [0.5, 0.6) is 0 Å². The van der Waals surface area contributed by atoms with Gasteiger partial charge in [0.1, 0.15) is 0 Å². The lowest BCUT2D eigenvalue weighted by molar-refractivity contribution is -0.141. The third kappa shape index (κ3) is 1.99. The second-order valence-corrected chi connectivity index (χ2v) is 2.57. The molecule has 58 valence electrons. The van der Waals surface area contributed by atoms with E-state index < -0.39 is 0 Å². The molecule has 1 N–H and O–H groups in total. The highest BCUT2D eigenvalue weighted by Gasteiger charge is 2.17. The average Bonchev–Trinajstić information content (AvgIpc) is 2.40. The van der Waals surface area contributed by atoms with Crippen LogP contribution in [0.1, 0.15) is 19.3 Å². The Bertz CT molecular complexity index is 119. The van der Waals surface area contributed by atoms with Crippen LogP contribution < -0.4 is 5.32 Å². The Morgan fingerprint density at radius 2 is 2.60 bits per heavy atom. The average molecular weight is 143 g/mol. The maximum atomic E-state index is 10.7. The summed E-state index contributed by atoms with van der Waals surface area (Å²) in [6, 6.07) is 0.368. The SMILES string of the molecule is COC(=O)C[C@@H]1CCCN1. The number of esters is 1. The molecular weight excluding hydrogens is 130 g/mol. The van der Waals surface area contributed by atoms with E-state index in [4.69, 9.17) is 0 Å². The fourth-order valence-corrected chi connectivity index (χ4v) is 1.22. The van der Waals surface area contributed by atoms with Crippen LogP contribution in [0.15, 0.2) is 0 Å². The summed E-state index contributed by atoms with van der Waals surface area (Å²) < 4.78 is 4.53. The molecule has 0 aromatic rings. The fraction of sp³-hybridized carbons (Fsp3) is 0.857. The molecule has 1 fully saturated rings. The third-order valence-electron chi connectivity index (χ3n) is 1.80. The van der Waals surface area contributed by atoms with Crippen LogP contribution in [0.25, 0.3) is 0 Å². The lowest BCUT2D eigenvalue weighted by Crippen LogP contribution is -2.24. The molecule has 10 heavy (non-hydrogen) atoms. The molecule has 1 heterocycles. The topological polar surface area (TPSA) is 38.3 Å². The van der Waals surface area contributed by atoms with Gasteiger partial charge in [-0.3, -0.25) is 4.79 Å². The first-order chi connectivity index (χ1) is 4.83. The Balaban J connectivity index is 2.17. The van der Waals surface area contributed by atoms with Crippen LogP contribution in [0.4, 0.5) is 0 Å². The van der Waals surface area contributed by atoms with Crippen molar-refractivity contribution >= 4 is 5.97 Å². The molecule has 0 aromatic carbocycles. The largest absolute Gasteiger partial charge is 0.469 e. The summed E-state index contributed by atoms with van der Waals surface area (Å²) in [4.78, 5) is 10.7. The summed E-state index contributed by atoms with van der Waals surface area (Å²) in [5.74, 6) is -0.112. The van der Waals surface area contributed by atoms with Crippen molar-refractivity contribution in [2.24, 2.45) is 0 Å². The Kier molecular flexibility index (Phi) is 2.68. The zero-order valence-electron chi connectivity index (χ0n) is 6.22. The summed E-state index contributed by atoms with van der Waals surface area (Å²) in [7, 11) is 1.43. The Morgan fingerprint density at radius 3 is 3.10 bits per heavy atom. The van der Waals surface area contributed by atoms with E-state index in [1.54, 1.807) is 0 Å². The van der Waals surface area contributed by atoms with Gasteiger partial charge in [-0.1, -0.05) is 0 Å². The van der Waals surface area contributed by atoms with E-state index in [2.05, 4.69) is 10.1 Å². The van der Waals surface area contributed by atoms with E-state index >= 15 is 0 Å². The maximum absolute atomic E-state index is 10.7. The molecule has 1 atom stereocenters. The van der Waals surface area contributed by atoms with Gasteiger partial charge in [0.15, 0.2) is 0 Å². The minimum atomic E-state index is -0.112. The normalized spacial score (nSPS) is 24.7. The third-order valence-corrected chi connectivity index (χ3v) is 1.80. The lowest BCUT2D eigenvalue weighted by atomic mass is 10.2. The zero-order valence-corrected chi connectivity index (χ0v) is 6.22. The lowest BCUT2D eigenvalue weighted by Gasteiger charge is -2.06. The molecule has 3 heteroatoms. The van der Waals surface area contributed by atoms with Crippen LogP contribution in [-0.2, 0) is 9.53 Å². The van der Waals surface area contributed by atoms with E-state index in [-0.39, 0.29) is 5.97 Å². The number of ether oxygens (including phenoxy) is 1. The molecule has 0 radical (unpaired) electrons. The quantitative estimate of drug-likeness (QED) is 0.565. The van der Waals surface area contributed by atoms with E-state index in [1.165, 1.54) is 13.5 Å². The van der Waals surface area contributed by atoms with Gasteiger partial charge in [-0.05, 0) is 19.4 Å². The zero-order chi connectivity index (χ0) is 7.40. The van der Waals surface area contributed by atoms with Crippen LogP contribution in [0, 0.1) is 0 Å². The molecule has 1 aliphatic heterocycles. The fourth-order valence-electron chi connectivity index (χ4n) is 1.22. The van der Waals surface area contributed by atoms with Crippen molar-refractivity contribution in [2.75, 3.05) is 13.7 Å². The first-order valence-corrected chi connectivity index (χ1v) is 3.63. The molecule has 0 aliphatic carbocycles. The number of rotatable bonds is 2. The van der Waals surface area contributed by atoms with Gasteiger partial charge in [-0.15, -0.1) is 0 Å². The highest BCUT2D eigenvalue weighted by atomic mass is 16.5. The monoisotopic (exact) mass is 143 g/mol. The molecule has 3 nitrogen and oxygen atoms in total. The van der Waals surface area contributed by atoms with Gasteiger partial charge in [0.2, 0.25) is 0 Å². The second-order valence-electron chi connectivity index (χ2n) is 2.57.